The number of aromatic amines is 1. The summed E-state index contributed by atoms with van der Waals surface area (Å²) >= 11 is 1.35. The van der Waals surface area contributed by atoms with E-state index in [4.69, 9.17) is 4.98 Å². The van der Waals surface area contributed by atoms with Gasteiger partial charge < -0.3 is 9.88 Å². The van der Waals surface area contributed by atoms with Crippen molar-refractivity contribution < 1.29 is 13.2 Å². The van der Waals surface area contributed by atoms with Crippen molar-refractivity contribution in [2.24, 2.45) is 0 Å². The minimum Gasteiger partial charge on any atom is -0.339 e. The van der Waals surface area contributed by atoms with Gasteiger partial charge in [-0.3, -0.25) is 14.1 Å². The van der Waals surface area contributed by atoms with Gasteiger partial charge in [0.2, 0.25) is 0 Å². The van der Waals surface area contributed by atoms with Crippen LogP contribution in [0.25, 0.3) is 44.2 Å². The molecule has 0 atom stereocenters. The van der Waals surface area contributed by atoms with Crippen molar-refractivity contribution in [3.8, 4) is 22.3 Å². The molecule has 1 aliphatic rings. The van der Waals surface area contributed by atoms with Gasteiger partial charge in [-0.25, -0.2) is 13.4 Å². The van der Waals surface area contributed by atoms with Crippen LogP contribution in [0.5, 0.6) is 0 Å². The van der Waals surface area contributed by atoms with E-state index in [0.717, 1.165) is 64.5 Å². The summed E-state index contributed by atoms with van der Waals surface area (Å²) in [6, 6.07) is 18.8. The molecule has 1 saturated heterocycles. The van der Waals surface area contributed by atoms with E-state index in [9.17, 15) is 13.2 Å². The molecule has 8 nitrogen and oxygen atoms in total. The smallest absolute Gasteiger partial charge is 0.264 e. The molecule has 2 aromatic carbocycles. The predicted octanol–water partition coefficient (Wildman–Crippen LogP) is 6.57. The maximum absolute atomic E-state index is 13.3. The molecule has 0 unspecified atom stereocenters. The van der Waals surface area contributed by atoms with Gasteiger partial charge in [-0.1, -0.05) is 12.1 Å². The lowest BCUT2D eigenvalue weighted by atomic mass is 9.92. The van der Waals surface area contributed by atoms with E-state index in [-0.39, 0.29) is 10.8 Å². The molecule has 1 aliphatic heterocycles. The first kappa shape index (κ1) is 26.4. The van der Waals surface area contributed by atoms with Crippen molar-refractivity contribution in [3.63, 3.8) is 0 Å². The maximum Gasteiger partial charge on any atom is 0.264 e. The molecule has 4 aromatic heterocycles. The Morgan fingerprint density at radius 2 is 1.74 bits per heavy atom. The van der Waals surface area contributed by atoms with Crippen LogP contribution in [0.15, 0.2) is 94.9 Å². The molecule has 0 spiro atoms. The van der Waals surface area contributed by atoms with Gasteiger partial charge in [-0.15, -0.1) is 0 Å². The molecule has 1 fully saturated rings. The number of pyridine rings is 2. The fourth-order valence-electron chi connectivity index (χ4n) is 5.67. The first-order chi connectivity index (χ1) is 20.4. The molecule has 1 amide bonds. The predicted molar refractivity (Wildman–Crippen MR) is 167 cm³/mol. The summed E-state index contributed by atoms with van der Waals surface area (Å²) in [5.41, 5.74) is 6.50. The first-order valence-electron chi connectivity index (χ1n) is 13.7. The van der Waals surface area contributed by atoms with Crippen LogP contribution in [0, 0.1) is 0 Å². The number of aromatic nitrogens is 3. The van der Waals surface area contributed by atoms with E-state index in [1.807, 2.05) is 59.6 Å². The third kappa shape index (κ3) is 4.43. The molecule has 7 rings (SSSR count). The SMILES string of the molecule is CN(c1ccc2[nH]c3ncc(-c4ccc(C(=O)N5CCCC5)cc4)c(-c4ccncc4)c3c2c1)S(=O)(=O)c1ccsc1. The third-order valence-electron chi connectivity index (χ3n) is 7.93. The van der Waals surface area contributed by atoms with Crippen LogP contribution in [0.4, 0.5) is 5.69 Å². The number of H-pyrrole nitrogens is 1. The number of nitrogens with zero attached hydrogens (tertiary/aromatic N) is 4. The molecule has 10 heteroatoms. The number of anilines is 1. The standard InChI is InChI=1S/C32H27N5O3S2/c1-36(42(39,40)25-12-17-41-20-25)24-8-9-28-26(18-24)30-29(22-10-13-33-14-11-22)27(19-34-31(30)35-28)21-4-6-23(7-5-21)32(38)37-15-2-3-16-37/h4-14,17-20H,2-3,15-16H2,1H3,(H,34,35). The Morgan fingerprint density at radius 3 is 2.45 bits per heavy atom. The van der Waals surface area contributed by atoms with Gasteiger partial charge in [0.25, 0.3) is 15.9 Å². The van der Waals surface area contributed by atoms with Gasteiger partial charge in [0, 0.05) is 77.1 Å². The zero-order valence-corrected chi connectivity index (χ0v) is 24.5. The zero-order chi connectivity index (χ0) is 28.8. The Hall–Kier alpha value is -4.54. The number of carbonyl (C=O) groups excluding carboxylic acids is 1. The fraction of sp³-hybridized carbons (Fsp3) is 0.156. The zero-order valence-electron chi connectivity index (χ0n) is 22.8. The van der Waals surface area contributed by atoms with Crippen molar-refractivity contribution in [1.82, 2.24) is 19.9 Å². The monoisotopic (exact) mass is 593 g/mol. The van der Waals surface area contributed by atoms with Crippen LogP contribution in [0.3, 0.4) is 0 Å². The highest BCUT2D eigenvalue weighted by molar-refractivity contribution is 7.93. The maximum atomic E-state index is 13.3. The van der Waals surface area contributed by atoms with Crippen LogP contribution >= 0.6 is 11.3 Å². The molecular formula is C32H27N5O3S2. The Bertz CT molecular complexity index is 2030. The normalized spacial score (nSPS) is 13.7. The number of sulfonamides is 1. The Balaban J connectivity index is 1.39. The third-order valence-corrected chi connectivity index (χ3v) is 10.5. The highest BCUT2D eigenvalue weighted by atomic mass is 32.2. The van der Waals surface area contributed by atoms with Crippen molar-refractivity contribution in [3.05, 3.63) is 95.6 Å². The molecule has 0 saturated carbocycles. The lowest BCUT2D eigenvalue weighted by Gasteiger charge is -2.19. The lowest BCUT2D eigenvalue weighted by molar-refractivity contribution is 0.0793. The fourth-order valence-corrected chi connectivity index (χ4v) is 7.87. The minimum absolute atomic E-state index is 0.0627. The highest BCUT2D eigenvalue weighted by Gasteiger charge is 2.24. The van der Waals surface area contributed by atoms with E-state index in [2.05, 4.69) is 9.97 Å². The first-order valence-corrected chi connectivity index (χ1v) is 16.1. The van der Waals surface area contributed by atoms with E-state index >= 15 is 0 Å². The van der Waals surface area contributed by atoms with Gasteiger partial charge in [-0.2, -0.15) is 11.3 Å². The van der Waals surface area contributed by atoms with E-state index in [1.165, 1.54) is 15.6 Å². The molecule has 42 heavy (non-hydrogen) atoms. The summed E-state index contributed by atoms with van der Waals surface area (Å²) in [7, 11) is -2.14. The van der Waals surface area contributed by atoms with Crippen LogP contribution in [-0.4, -0.2) is 54.3 Å². The van der Waals surface area contributed by atoms with Gasteiger partial charge >= 0.3 is 0 Å². The summed E-state index contributed by atoms with van der Waals surface area (Å²) in [6.07, 6.45) is 7.45. The number of rotatable bonds is 6. The average Bonchev–Trinajstić information content (AvgIpc) is 3.82. The summed E-state index contributed by atoms with van der Waals surface area (Å²) < 4.78 is 27.9. The van der Waals surface area contributed by atoms with Crippen LogP contribution in [-0.2, 0) is 10.0 Å². The van der Waals surface area contributed by atoms with Gasteiger partial charge in [0.15, 0.2) is 0 Å². The van der Waals surface area contributed by atoms with E-state index in [1.54, 1.807) is 42.3 Å². The average molecular weight is 594 g/mol. The molecule has 0 aliphatic carbocycles. The van der Waals surface area contributed by atoms with Gasteiger partial charge in [0.05, 0.1) is 10.6 Å². The van der Waals surface area contributed by atoms with Crippen LogP contribution in [0.2, 0.25) is 0 Å². The van der Waals surface area contributed by atoms with E-state index < -0.39 is 10.0 Å². The summed E-state index contributed by atoms with van der Waals surface area (Å²) in [5, 5.41) is 5.13. The second-order valence-corrected chi connectivity index (χ2v) is 13.1. The lowest BCUT2D eigenvalue weighted by Crippen LogP contribution is -2.27. The Kier molecular flexibility index (Phi) is 6.52. The van der Waals surface area contributed by atoms with Crippen molar-refractivity contribution in [2.75, 3.05) is 24.4 Å². The molecule has 0 bridgehead atoms. The number of thiophene rings is 1. The number of fused-ring (bicyclic) bond motifs is 3. The number of likely N-dealkylation sites (tertiary alicyclic amines) is 1. The van der Waals surface area contributed by atoms with Gasteiger partial charge in [0.1, 0.15) is 5.65 Å². The van der Waals surface area contributed by atoms with Crippen LogP contribution in [0.1, 0.15) is 23.2 Å². The number of hydrogen-bond donors (Lipinski definition) is 1. The molecule has 1 N–H and O–H groups in total. The quantitative estimate of drug-likeness (QED) is 0.236. The topological polar surface area (TPSA) is 99.3 Å². The summed E-state index contributed by atoms with van der Waals surface area (Å²) in [6.45, 7) is 1.61. The molecular weight excluding hydrogens is 567 g/mol. The highest BCUT2D eigenvalue weighted by Crippen LogP contribution is 2.41. The van der Waals surface area contributed by atoms with Crippen molar-refractivity contribution in [2.45, 2.75) is 17.7 Å². The number of benzene rings is 2. The number of hydrogen-bond acceptors (Lipinski definition) is 6. The van der Waals surface area contributed by atoms with Gasteiger partial charge in [-0.05, 0) is 77.9 Å². The van der Waals surface area contributed by atoms with Crippen LogP contribution < -0.4 is 4.31 Å². The second-order valence-electron chi connectivity index (χ2n) is 10.4. The number of carbonyl (C=O) groups is 1. The number of amides is 1. The molecule has 210 valence electrons. The Morgan fingerprint density at radius 1 is 0.976 bits per heavy atom. The van der Waals surface area contributed by atoms with Crippen molar-refractivity contribution >= 4 is 54.9 Å². The second kappa shape index (κ2) is 10.4. The molecule has 6 aromatic rings. The van der Waals surface area contributed by atoms with Crippen molar-refractivity contribution in [1.29, 1.82) is 0 Å². The number of nitrogens with one attached hydrogen (secondary N) is 1. The molecule has 0 radical (unpaired) electrons. The minimum atomic E-state index is -3.71. The van der Waals surface area contributed by atoms with E-state index in [0.29, 0.717) is 16.9 Å². The summed E-state index contributed by atoms with van der Waals surface area (Å²) in [5.74, 6) is 0.0627. The largest absolute Gasteiger partial charge is 0.339 e. The summed E-state index contributed by atoms with van der Waals surface area (Å²) in [4.78, 5) is 27.6. The molecule has 5 heterocycles. The Labute approximate surface area is 247 Å².